The van der Waals surface area contributed by atoms with Crippen LogP contribution in [0, 0.1) is 29.7 Å². The Labute approximate surface area is 226 Å². The number of hydrogen-bond donors (Lipinski definition) is 0. The zero-order valence-electron chi connectivity index (χ0n) is 20.8. The van der Waals surface area contributed by atoms with E-state index in [0.29, 0.717) is 37.6 Å². The summed E-state index contributed by atoms with van der Waals surface area (Å²) in [6.07, 6.45) is 1.92. The molecule has 0 N–H and O–H groups in total. The van der Waals surface area contributed by atoms with Crippen LogP contribution in [0.3, 0.4) is 0 Å². The lowest BCUT2D eigenvalue weighted by molar-refractivity contribution is 0.629. The van der Waals surface area contributed by atoms with Crippen molar-refractivity contribution in [3.8, 4) is 28.4 Å². The van der Waals surface area contributed by atoms with Gasteiger partial charge in [-0.25, -0.2) is 8.78 Å². The summed E-state index contributed by atoms with van der Waals surface area (Å²) in [4.78, 5) is 7.61. The van der Waals surface area contributed by atoms with Gasteiger partial charge in [-0.2, -0.15) is 16.8 Å². The fraction of sp³-hybridized carbons (Fsp3) is 0. The van der Waals surface area contributed by atoms with Crippen molar-refractivity contribution in [2.75, 3.05) is 0 Å². The number of nitriles is 1. The summed E-state index contributed by atoms with van der Waals surface area (Å²) < 4.78 is 29.3. The Hall–Kier alpha value is -5.72. The highest BCUT2D eigenvalue weighted by molar-refractivity contribution is 6.34. The van der Waals surface area contributed by atoms with Crippen molar-refractivity contribution in [2.24, 2.45) is 10.1 Å². The first-order valence-corrected chi connectivity index (χ1v) is 12.5. The zero-order chi connectivity index (χ0) is 27.4. The molecular formula is C34H16F2N4. The third-order valence-corrected chi connectivity index (χ3v) is 7.42. The molecule has 7 aromatic rings. The average molecular weight is 519 g/mol. The van der Waals surface area contributed by atoms with Gasteiger partial charge in [0.15, 0.2) is 5.36 Å². The van der Waals surface area contributed by atoms with Gasteiger partial charge in [-0.3, -0.25) is 0 Å². The number of fused-ring (bicyclic) bond motifs is 6. The van der Waals surface area contributed by atoms with E-state index >= 15 is 0 Å². The van der Waals surface area contributed by atoms with Gasteiger partial charge in [0.1, 0.15) is 11.6 Å². The molecule has 0 fully saturated rings. The lowest BCUT2D eigenvalue weighted by atomic mass is 9.88. The van der Waals surface area contributed by atoms with Gasteiger partial charge in [0.25, 0.3) is 0 Å². The van der Waals surface area contributed by atoms with Crippen LogP contribution in [0.15, 0.2) is 107 Å². The van der Waals surface area contributed by atoms with E-state index in [1.807, 2.05) is 66.9 Å². The second-order valence-electron chi connectivity index (χ2n) is 9.47. The van der Waals surface area contributed by atoms with Crippen LogP contribution in [0.4, 0.5) is 8.78 Å². The fourth-order valence-electron chi connectivity index (χ4n) is 6.00. The third-order valence-electron chi connectivity index (χ3n) is 7.42. The number of benzene rings is 5. The molecule has 0 spiro atoms. The summed E-state index contributed by atoms with van der Waals surface area (Å²) in [6, 6.07) is 28.3. The van der Waals surface area contributed by atoms with Crippen molar-refractivity contribution in [2.45, 2.75) is 0 Å². The van der Waals surface area contributed by atoms with Crippen LogP contribution in [0.5, 0.6) is 0 Å². The first-order valence-electron chi connectivity index (χ1n) is 12.5. The van der Waals surface area contributed by atoms with Crippen molar-refractivity contribution in [1.29, 1.82) is 5.26 Å². The van der Waals surface area contributed by atoms with Gasteiger partial charge in [-0.05, 0) is 46.2 Å². The summed E-state index contributed by atoms with van der Waals surface area (Å²) in [6.45, 7) is 7.62. The van der Waals surface area contributed by atoms with Crippen LogP contribution < -0.4 is 10.7 Å². The highest BCUT2D eigenvalue weighted by atomic mass is 19.1. The molecule has 7 rings (SSSR count). The Kier molecular flexibility index (Phi) is 5.23. The highest BCUT2D eigenvalue weighted by Crippen LogP contribution is 2.47. The van der Waals surface area contributed by atoms with E-state index < -0.39 is 11.6 Å². The molecule has 40 heavy (non-hydrogen) atoms. The van der Waals surface area contributed by atoms with Gasteiger partial charge in [0.2, 0.25) is 6.19 Å². The Bertz CT molecular complexity index is 2180. The largest absolute Gasteiger partial charge is 0.207 e. The van der Waals surface area contributed by atoms with Crippen LogP contribution in [0.2, 0.25) is 0 Å². The standard InChI is InChI=1S/C34H16F2N4/c1-38-40-34-26-17-22(36)13-15-24(26)30-27(19-8-4-2-5-9-19)31-29(28(32(30)34)20-10-6-3-7-11-20)23-14-12-21(35)16-25(23)33(31)39-18-37/h2-17H. The molecule has 0 aromatic heterocycles. The Morgan fingerprint density at radius 1 is 0.600 bits per heavy atom. The number of halogens is 2. The highest BCUT2D eigenvalue weighted by Gasteiger charge is 2.27. The third kappa shape index (κ3) is 3.27. The number of rotatable bonds is 2. The van der Waals surface area contributed by atoms with E-state index in [1.165, 1.54) is 24.3 Å². The Morgan fingerprint density at radius 3 is 1.55 bits per heavy atom. The van der Waals surface area contributed by atoms with Gasteiger partial charge in [-0.1, -0.05) is 72.8 Å². The van der Waals surface area contributed by atoms with E-state index in [-0.39, 0.29) is 0 Å². The lowest BCUT2D eigenvalue weighted by Crippen LogP contribution is -2.03. The number of nitrogens with zero attached hydrogens (tertiary/aromatic N) is 4. The van der Waals surface area contributed by atoms with E-state index in [4.69, 9.17) is 6.57 Å². The van der Waals surface area contributed by atoms with Crippen LogP contribution in [0.1, 0.15) is 0 Å². The molecule has 0 atom stereocenters. The molecule has 0 bridgehead atoms. The average Bonchev–Trinajstić information content (AvgIpc) is 3.45. The maximum atomic E-state index is 14.7. The molecule has 0 saturated carbocycles. The maximum absolute atomic E-state index is 14.7. The second kappa shape index (κ2) is 8.94. The van der Waals surface area contributed by atoms with Gasteiger partial charge in [0.05, 0.1) is 10.5 Å². The molecule has 0 unspecified atom stereocenters. The first-order chi connectivity index (χ1) is 19.6. The van der Waals surface area contributed by atoms with Gasteiger partial charge >= 0.3 is 0 Å². The van der Waals surface area contributed by atoms with Crippen LogP contribution >= 0.6 is 0 Å². The van der Waals surface area contributed by atoms with Gasteiger partial charge in [0, 0.05) is 43.4 Å². The second-order valence-corrected chi connectivity index (χ2v) is 9.47. The topological polar surface area (TPSA) is 52.9 Å². The van der Waals surface area contributed by atoms with Crippen LogP contribution in [-0.4, -0.2) is 0 Å². The van der Waals surface area contributed by atoms with Crippen molar-refractivity contribution >= 4 is 43.1 Å². The van der Waals surface area contributed by atoms with Crippen molar-refractivity contribution < 1.29 is 8.78 Å². The minimum Gasteiger partial charge on any atom is -0.207 e. The minimum atomic E-state index is -0.441. The molecule has 0 amide bonds. The Morgan fingerprint density at radius 2 is 1.07 bits per heavy atom. The summed E-state index contributed by atoms with van der Waals surface area (Å²) in [5, 5.41) is 20.1. The van der Waals surface area contributed by atoms with Gasteiger partial charge in [-0.15, -0.1) is 4.95 Å². The summed E-state index contributed by atoms with van der Waals surface area (Å²) in [5.41, 5.74) is 3.21. The molecule has 0 radical (unpaired) electrons. The molecule has 6 heteroatoms. The molecule has 0 saturated heterocycles. The normalized spacial score (nSPS) is 12.5. The van der Waals surface area contributed by atoms with E-state index in [0.717, 1.165) is 38.4 Å². The van der Waals surface area contributed by atoms with Crippen molar-refractivity contribution in [3.05, 3.63) is 131 Å². The molecule has 186 valence electrons. The maximum Gasteiger partial charge on any atom is 0.206 e. The predicted molar refractivity (Wildman–Crippen MR) is 153 cm³/mol. The summed E-state index contributed by atoms with van der Waals surface area (Å²) in [5.74, 6) is -0.879. The summed E-state index contributed by atoms with van der Waals surface area (Å²) in [7, 11) is 0. The predicted octanol–water partition coefficient (Wildman–Crippen LogP) is 7.90. The summed E-state index contributed by atoms with van der Waals surface area (Å²) >= 11 is 0. The molecule has 0 aliphatic rings. The smallest absolute Gasteiger partial charge is 0.206 e. The van der Waals surface area contributed by atoms with E-state index in [2.05, 4.69) is 15.0 Å². The monoisotopic (exact) mass is 518 g/mol. The molecule has 7 aromatic carbocycles. The van der Waals surface area contributed by atoms with E-state index in [9.17, 15) is 14.0 Å². The fourth-order valence-corrected chi connectivity index (χ4v) is 6.00. The quantitative estimate of drug-likeness (QED) is 0.130. The molecule has 4 nitrogen and oxygen atoms in total. The van der Waals surface area contributed by atoms with Crippen molar-refractivity contribution in [1.82, 2.24) is 0 Å². The minimum absolute atomic E-state index is 0.366. The van der Waals surface area contributed by atoms with Gasteiger partial charge < -0.3 is 0 Å². The number of hydrogen-bond acceptors (Lipinski definition) is 3. The lowest BCUT2D eigenvalue weighted by Gasteiger charge is -2.14. The first kappa shape index (κ1) is 23.4. The van der Waals surface area contributed by atoms with E-state index in [1.54, 1.807) is 12.1 Å². The Balaban J connectivity index is 1.97. The molecule has 0 aliphatic heterocycles. The van der Waals surface area contributed by atoms with Crippen molar-refractivity contribution in [3.63, 3.8) is 0 Å². The zero-order valence-corrected chi connectivity index (χ0v) is 20.8. The molecule has 0 heterocycles. The SMILES string of the molecule is [C-]#[N+]N=c1c2cc(F)ccc2c2c(-c3ccccc3)c3c(=NC#N)c4cc(F)ccc4c3c(-c3ccccc3)c12. The van der Waals surface area contributed by atoms with Crippen LogP contribution in [-0.2, 0) is 0 Å². The molecular weight excluding hydrogens is 502 g/mol. The molecule has 0 aliphatic carbocycles. The van der Waals surface area contributed by atoms with Crippen LogP contribution in [0.25, 0.3) is 70.3 Å².